The van der Waals surface area contributed by atoms with Crippen molar-refractivity contribution < 1.29 is 31.8 Å². The molecule has 7 heteroatoms. The van der Waals surface area contributed by atoms with Crippen LogP contribution in [-0.4, -0.2) is 5.97 Å². The maximum atomic E-state index is 14.1. The predicted octanol–water partition coefficient (Wildman–Crippen LogP) is 8.27. The Morgan fingerprint density at radius 1 is 0.692 bits per heavy atom. The zero-order valence-electron chi connectivity index (χ0n) is 20.9. The maximum Gasteiger partial charge on any atom is 0.338 e. The van der Waals surface area contributed by atoms with Crippen molar-refractivity contribution in [3.05, 3.63) is 136 Å². The van der Waals surface area contributed by atoms with Crippen molar-refractivity contribution in [1.82, 2.24) is 0 Å². The van der Waals surface area contributed by atoms with Crippen LogP contribution in [-0.2, 0) is 18.0 Å². The zero-order chi connectivity index (χ0) is 27.4. The lowest BCUT2D eigenvalue weighted by atomic mass is 9.95. The molecule has 1 aliphatic carbocycles. The minimum Gasteiger partial charge on any atom is -0.488 e. The summed E-state index contributed by atoms with van der Waals surface area (Å²) in [6.07, 6.45) is 2.48. The number of para-hydroxylation sites is 1. The molecule has 0 N–H and O–H groups in total. The van der Waals surface area contributed by atoms with Crippen LogP contribution in [0, 0.1) is 23.3 Å². The first-order valence-corrected chi connectivity index (χ1v) is 12.5. The SMILES string of the molecule is O=C(OCc1ccc(F)cc1F)c1cccc(C2=C(c3ccccc3OCc3ccc(F)cc3F)CCC2)c1. The topological polar surface area (TPSA) is 35.5 Å². The van der Waals surface area contributed by atoms with Gasteiger partial charge < -0.3 is 9.47 Å². The fourth-order valence-electron chi connectivity index (χ4n) is 4.69. The largest absolute Gasteiger partial charge is 0.488 e. The molecule has 0 bridgehead atoms. The van der Waals surface area contributed by atoms with E-state index in [1.54, 1.807) is 18.2 Å². The molecule has 0 atom stereocenters. The Balaban J connectivity index is 1.37. The van der Waals surface area contributed by atoms with Crippen LogP contribution >= 0.6 is 0 Å². The second-order valence-corrected chi connectivity index (χ2v) is 9.22. The van der Waals surface area contributed by atoms with Crippen LogP contribution in [0.5, 0.6) is 5.75 Å². The smallest absolute Gasteiger partial charge is 0.338 e. The van der Waals surface area contributed by atoms with E-state index in [0.717, 1.165) is 59.7 Å². The highest BCUT2D eigenvalue weighted by atomic mass is 19.1. The molecule has 198 valence electrons. The molecule has 0 unspecified atom stereocenters. The number of rotatable bonds is 8. The van der Waals surface area contributed by atoms with Crippen molar-refractivity contribution in [2.24, 2.45) is 0 Å². The average Bonchev–Trinajstić information content (AvgIpc) is 3.42. The van der Waals surface area contributed by atoms with E-state index in [9.17, 15) is 22.4 Å². The number of benzene rings is 4. The molecular formula is C32H24F4O3. The van der Waals surface area contributed by atoms with Crippen molar-refractivity contribution in [1.29, 1.82) is 0 Å². The summed E-state index contributed by atoms with van der Waals surface area (Å²) < 4.78 is 65.7. The maximum absolute atomic E-state index is 14.1. The third kappa shape index (κ3) is 6.03. The van der Waals surface area contributed by atoms with Crippen LogP contribution in [0.1, 0.15) is 51.9 Å². The van der Waals surface area contributed by atoms with Crippen LogP contribution < -0.4 is 4.74 Å². The number of allylic oxidation sites excluding steroid dienone is 2. The van der Waals surface area contributed by atoms with Gasteiger partial charge in [-0.25, -0.2) is 22.4 Å². The number of esters is 1. The van der Waals surface area contributed by atoms with Crippen LogP contribution in [0.2, 0.25) is 0 Å². The average molecular weight is 533 g/mol. The van der Waals surface area contributed by atoms with Crippen molar-refractivity contribution in [3.8, 4) is 5.75 Å². The molecule has 0 amide bonds. The molecule has 3 nitrogen and oxygen atoms in total. The highest BCUT2D eigenvalue weighted by Crippen LogP contribution is 2.43. The molecule has 0 saturated heterocycles. The molecular weight excluding hydrogens is 508 g/mol. The van der Waals surface area contributed by atoms with Gasteiger partial charge in [-0.1, -0.05) is 30.3 Å². The summed E-state index contributed by atoms with van der Waals surface area (Å²) >= 11 is 0. The molecule has 0 fully saturated rings. The lowest BCUT2D eigenvalue weighted by molar-refractivity contribution is 0.0469. The highest BCUT2D eigenvalue weighted by molar-refractivity contribution is 5.96. The molecule has 0 saturated carbocycles. The third-order valence-corrected chi connectivity index (χ3v) is 6.65. The van der Waals surface area contributed by atoms with Crippen molar-refractivity contribution >= 4 is 17.1 Å². The Labute approximate surface area is 223 Å². The molecule has 4 aromatic carbocycles. The van der Waals surface area contributed by atoms with Gasteiger partial charge in [0.15, 0.2) is 0 Å². The first kappa shape index (κ1) is 26.2. The Morgan fingerprint density at radius 3 is 2.08 bits per heavy atom. The highest BCUT2D eigenvalue weighted by Gasteiger charge is 2.22. The summed E-state index contributed by atoms with van der Waals surface area (Å²) in [5.74, 6) is -2.84. The lowest BCUT2D eigenvalue weighted by Gasteiger charge is -2.15. The van der Waals surface area contributed by atoms with Crippen molar-refractivity contribution in [3.63, 3.8) is 0 Å². The van der Waals surface area contributed by atoms with Crippen LogP contribution in [0.3, 0.4) is 0 Å². The molecule has 0 aliphatic heterocycles. The summed E-state index contributed by atoms with van der Waals surface area (Å²) in [6.45, 7) is -0.371. The van der Waals surface area contributed by atoms with Gasteiger partial charge in [-0.3, -0.25) is 0 Å². The molecule has 4 aromatic rings. The summed E-state index contributed by atoms with van der Waals surface area (Å²) in [5, 5.41) is 0. The van der Waals surface area contributed by atoms with Gasteiger partial charge in [0.25, 0.3) is 0 Å². The van der Waals surface area contributed by atoms with Gasteiger partial charge in [0.1, 0.15) is 42.2 Å². The van der Waals surface area contributed by atoms with Gasteiger partial charge >= 0.3 is 5.97 Å². The monoisotopic (exact) mass is 532 g/mol. The number of hydrogen-bond acceptors (Lipinski definition) is 3. The molecule has 0 spiro atoms. The molecule has 0 aromatic heterocycles. The van der Waals surface area contributed by atoms with E-state index < -0.39 is 29.2 Å². The second-order valence-electron chi connectivity index (χ2n) is 9.22. The van der Waals surface area contributed by atoms with Gasteiger partial charge in [-0.2, -0.15) is 0 Å². The summed E-state index contributed by atoms with van der Waals surface area (Å²) in [4.78, 5) is 12.7. The van der Waals surface area contributed by atoms with Gasteiger partial charge in [0, 0.05) is 28.8 Å². The van der Waals surface area contributed by atoms with E-state index >= 15 is 0 Å². The quantitative estimate of drug-likeness (QED) is 0.169. The van der Waals surface area contributed by atoms with E-state index in [-0.39, 0.29) is 24.3 Å². The molecule has 5 rings (SSSR count). The fraction of sp³-hybridized carbons (Fsp3) is 0.156. The van der Waals surface area contributed by atoms with Crippen LogP contribution in [0.25, 0.3) is 11.1 Å². The molecule has 0 heterocycles. The first-order valence-electron chi connectivity index (χ1n) is 12.5. The minimum absolute atomic E-state index is 0.0539. The Morgan fingerprint density at radius 2 is 1.36 bits per heavy atom. The molecule has 39 heavy (non-hydrogen) atoms. The Kier molecular flexibility index (Phi) is 7.77. The summed E-state index contributed by atoms with van der Waals surface area (Å²) in [5.41, 5.74) is 4.47. The lowest BCUT2D eigenvalue weighted by Crippen LogP contribution is -2.07. The number of carbonyl (C=O) groups is 1. The Hall–Kier alpha value is -4.39. The molecule has 1 aliphatic rings. The van der Waals surface area contributed by atoms with Crippen LogP contribution in [0.15, 0.2) is 84.9 Å². The fourth-order valence-corrected chi connectivity index (χ4v) is 4.69. The Bertz CT molecular complexity index is 1560. The van der Waals surface area contributed by atoms with E-state index in [4.69, 9.17) is 9.47 Å². The van der Waals surface area contributed by atoms with Gasteiger partial charge in [-0.15, -0.1) is 0 Å². The van der Waals surface area contributed by atoms with Crippen molar-refractivity contribution in [2.75, 3.05) is 0 Å². The van der Waals surface area contributed by atoms with Gasteiger partial charge in [0.2, 0.25) is 0 Å². The predicted molar refractivity (Wildman–Crippen MR) is 140 cm³/mol. The van der Waals surface area contributed by atoms with Gasteiger partial charge in [-0.05, 0) is 78.4 Å². The summed E-state index contributed by atoms with van der Waals surface area (Å²) in [6, 6.07) is 21.0. The van der Waals surface area contributed by atoms with Crippen molar-refractivity contribution in [2.45, 2.75) is 32.5 Å². The van der Waals surface area contributed by atoms with E-state index in [2.05, 4.69) is 0 Å². The standard InChI is InChI=1S/C32H24F4O3/c33-24-13-11-22(29(35)16-24)18-38-31-10-2-1-7-28(31)27-9-4-8-26(27)20-5-3-6-21(15-20)32(37)39-19-23-12-14-25(34)17-30(23)36/h1-3,5-7,10-17H,4,8-9,18-19H2. The van der Waals surface area contributed by atoms with E-state index in [1.807, 2.05) is 30.3 Å². The number of halogens is 4. The van der Waals surface area contributed by atoms with Crippen LogP contribution in [0.4, 0.5) is 17.6 Å². The number of carbonyl (C=O) groups excluding carboxylic acids is 1. The number of ether oxygens (including phenoxy) is 2. The first-order chi connectivity index (χ1) is 18.9. The number of hydrogen-bond donors (Lipinski definition) is 0. The third-order valence-electron chi connectivity index (χ3n) is 6.65. The minimum atomic E-state index is -0.777. The van der Waals surface area contributed by atoms with E-state index in [1.165, 1.54) is 18.2 Å². The normalized spacial score (nSPS) is 13.0. The van der Waals surface area contributed by atoms with E-state index in [0.29, 0.717) is 11.3 Å². The molecule has 0 radical (unpaired) electrons. The van der Waals surface area contributed by atoms with Gasteiger partial charge in [0.05, 0.1) is 5.56 Å². The summed E-state index contributed by atoms with van der Waals surface area (Å²) in [7, 11) is 0. The second kappa shape index (κ2) is 11.6. The zero-order valence-corrected chi connectivity index (χ0v) is 20.9.